The van der Waals surface area contributed by atoms with E-state index in [9.17, 15) is 4.79 Å². The van der Waals surface area contributed by atoms with Crippen LogP contribution in [0.25, 0.3) is 21.9 Å². The van der Waals surface area contributed by atoms with Gasteiger partial charge in [-0.25, -0.2) is 15.0 Å². The molecule has 5 rings (SSSR count). The highest BCUT2D eigenvalue weighted by molar-refractivity contribution is 6.35. The molecule has 3 heterocycles. The molecule has 0 spiro atoms. The van der Waals surface area contributed by atoms with Crippen molar-refractivity contribution < 1.29 is 4.79 Å². The lowest BCUT2D eigenvalue weighted by atomic mass is 10.0. The molecule has 10 heteroatoms. The van der Waals surface area contributed by atoms with Crippen LogP contribution in [0.3, 0.4) is 0 Å². The average molecular weight is 498 g/mol. The van der Waals surface area contributed by atoms with Crippen molar-refractivity contribution in [3.63, 3.8) is 0 Å². The lowest BCUT2D eigenvalue weighted by Gasteiger charge is -2.35. The Morgan fingerprint density at radius 1 is 1.24 bits per heavy atom. The largest absolute Gasteiger partial charge is 0.360 e. The van der Waals surface area contributed by atoms with Gasteiger partial charge in [0.05, 0.1) is 33.2 Å². The van der Waals surface area contributed by atoms with E-state index in [1.54, 1.807) is 12.1 Å². The molecule has 2 unspecified atom stereocenters. The van der Waals surface area contributed by atoms with Crippen molar-refractivity contribution in [1.82, 2.24) is 24.8 Å². The number of nitrogens with one attached hydrogen (secondary N) is 2. The van der Waals surface area contributed by atoms with Gasteiger partial charge in [-0.3, -0.25) is 4.79 Å². The third-order valence-electron chi connectivity index (χ3n) is 6.34. The van der Waals surface area contributed by atoms with Gasteiger partial charge in [0.1, 0.15) is 18.0 Å². The van der Waals surface area contributed by atoms with Crippen molar-refractivity contribution >= 4 is 56.9 Å². The molecule has 34 heavy (non-hydrogen) atoms. The molecule has 0 bridgehead atoms. The number of rotatable bonds is 5. The summed E-state index contributed by atoms with van der Waals surface area (Å²) >= 11 is 12.7. The third kappa shape index (κ3) is 4.29. The van der Waals surface area contributed by atoms with Crippen LogP contribution in [0.1, 0.15) is 48.4 Å². The number of hydrogen-bond acceptors (Lipinski definition) is 6. The second-order valence-electron chi connectivity index (χ2n) is 8.60. The number of anilines is 1. The van der Waals surface area contributed by atoms with Crippen LogP contribution in [0, 0.1) is 0 Å². The van der Waals surface area contributed by atoms with Crippen LogP contribution in [0.4, 0.5) is 5.82 Å². The predicted molar refractivity (Wildman–Crippen MR) is 135 cm³/mol. The van der Waals surface area contributed by atoms with Crippen LogP contribution >= 0.6 is 23.2 Å². The van der Waals surface area contributed by atoms with Gasteiger partial charge in [0.15, 0.2) is 0 Å². The second-order valence-corrected chi connectivity index (χ2v) is 9.45. The Morgan fingerprint density at radius 3 is 2.91 bits per heavy atom. The molecule has 176 valence electrons. The summed E-state index contributed by atoms with van der Waals surface area (Å²) in [6.07, 6.45) is 4.43. The third-order valence-corrected chi connectivity index (χ3v) is 6.89. The van der Waals surface area contributed by atoms with E-state index in [2.05, 4.69) is 25.3 Å². The van der Waals surface area contributed by atoms with E-state index >= 15 is 0 Å². The van der Waals surface area contributed by atoms with E-state index in [0.717, 1.165) is 41.5 Å². The van der Waals surface area contributed by atoms with Crippen molar-refractivity contribution in [1.29, 1.82) is 0 Å². The topological polar surface area (TPSA) is 113 Å². The number of likely N-dealkylation sites (tertiary alicyclic amines) is 1. The van der Waals surface area contributed by atoms with Gasteiger partial charge in [0.2, 0.25) is 0 Å². The molecule has 1 aliphatic rings. The molecular formula is C24H25Cl2N7O. The normalized spacial score (nSPS) is 17.3. The first-order chi connectivity index (χ1) is 16.4. The zero-order chi connectivity index (χ0) is 23.8. The first-order valence-electron chi connectivity index (χ1n) is 11.3. The van der Waals surface area contributed by atoms with E-state index in [4.69, 9.17) is 28.9 Å². The molecule has 8 nitrogen and oxygen atoms in total. The highest BCUT2D eigenvalue weighted by Gasteiger charge is 2.28. The minimum Gasteiger partial charge on any atom is -0.360 e. The van der Waals surface area contributed by atoms with Crippen LogP contribution in [0.2, 0.25) is 10.0 Å². The summed E-state index contributed by atoms with van der Waals surface area (Å²) in [4.78, 5) is 31.9. The summed E-state index contributed by atoms with van der Waals surface area (Å²) in [7, 11) is 0. The van der Waals surface area contributed by atoms with Crippen molar-refractivity contribution in [3.05, 3.63) is 58.1 Å². The Balaban J connectivity index is 1.44. The molecule has 4 aromatic rings. The number of benzene rings is 2. The number of fused-ring (bicyclic) bond motifs is 2. The summed E-state index contributed by atoms with van der Waals surface area (Å²) < 4.78 is 0. The number of hydrogen-bond donors (Lipinski definition) is 3. The highest BCUT2D eigenvalue weighted by Crippen LogP contribution is 2.31. The number of nitrogens with zero attached hydrogens (tertiary/aromatic N) is 4. The number of carbonyl (C=O) groups excluding carboxylic acids is 1. The molecule has 0 aliphatic carbocycles. The maximum atomic E-state index is 13.3. The van der Waals surface area contributed by atoms with E-state index in [-0.39, 0.29) is 18.0 Å². The van der Waals surface area contributed by atoms with Gasteiger partial charge in [-0.1, -0.05) is 23.2 Å². The Labute approximate surface area is 206 Å². The maximum Gasteiger partial charge on any atom is 0.255 e. The lowest BCUT2D eigenvalue weighted by Crippen LogP contribution is -2.47. The zero-order valence-corrected chi connectivity index (χ0v) is 20.2. The molecule has 2 aromatic carbocycles. The summed E-state index contributed by atoms with van der Waals surface area (Å²) in [6.45, 7) is 3.11. The molecule has 2 atom stereocenters. The molecule has 0 radical (unpaired) electrons. The quantitative estimate of drug-likeness (QED) is 0.359. The van der Waals surface area contributed by atoms with Crippen molar-refractivity contribution in [2.24, 2.45) is 5.73 Å². The van der Waals surface area contributed by atoms with Crippen LogP contribution in [-0.2, 0) is 0 Å². The number of halogens is 2. The highest BCUT2D eigenvalue weighted by atomic mass is 35.5. The van der Waals surface area contributed by atoms with Crippen LogP contribution in [-0.4, -0.2) is 49.9 Å². The molecule has 1 saturated heterocycles. The van der Waals surface area contributed by atoms with Gasteiger partial charge in [-0.05, 0) is 56.5 Å². The minimum absolute atomic E-state index is 0.0372. The Hall–Kier alpha value is -2.94. The zero-order valence-electron chi connectivity index (χ0n) is 18.7. The maximum absolute atomic E-state index is 13.3. The van der Waals surface area contributed by atoms with Gasteiger partial charge < -0.3 is 20.9 Å². The number of aromatic nitrogens is 4. The number of aromatic amines is 1. The first kappa shape index (κ1) is 22.8. The number of nitrogens with two attached hydrogens (primary N) is 1. The molecule has 0 saturated carbocycles. The van der Waals surface area contributed by atoms with E-state index in [0.29, 0.717) is 40.0 Å². The summed E-state index contributed by atoms with van der Waals surface area (Å²) in [6, 6.07) is 8.88. The fraction of sp³-hybridized carbons (Fsp3) is 0.333. The molecule has 1 aliphatic heterocycles. The SMILES string of the molecule is CC(Nc1ncnc2cc(C(=O)N3CCCCC3CN)c(Cl)cc12)c1nc2ccc(Cl)cc2[nH]1. The Kier molecular flexibility index (Phi) is 6.29. The molecule has 4 N–H and O–H groups in total. The lowest BCUT2D eigenvalue weighted by molar-refractivity contribution is 0.0623. The minimum atomic E-state index is -0.178. The van der Waals surface area contributed by atoms with Gasteiger partial charge in [-0.2, -0.15) is 0 Å². The van der Waals surface area contributed by atoms with Gasteiger partial charge >= 0.3 is 0 Å². The van der Waals surface area contributed by atoms with Crippen LogP contribution in [0.5, 0.6) is 0 Å². The van der Waals surface area contributed by atoms with Gasteiger partial charge in [-0.15, -0.1) is 0 Å². The standard InChI is InChI=1S/C24H25Cl2N7O/c1-13(22-31-19-6-5-14(25)8-21(19)32-22)30-23-17-9-18(26)16(10-20(17)28-12-29-23)24(34)33-7-3-2-4-15(33)11-27/h5-6,8-10,12-13,15H,2-4,7,11,27H2,1H3,(H,31,32)(H,28,29,30). The van der Waals surface area contributed by atoms with E-state index < -0.39 is 0 Å². The van der Waals surface area contributed by atoms with Crippen LogP contribution in [0.15, 0.2) is 36.7 Å². The predicted octanol–water partition coefficient (Wildman–Crippen LogP) is 4.94. The summed E-state index contributed by atoms with van der Waals surface area (Å²) in [5, 5.41) is 5.12. The first-order valence-corrected chi connectivity index (χ1v) is 12.1. The van der Waals surface area contributed by atoms with E-state index in [1.165, 1.54) is 6.33 Å². The number of carbonyl (C=O) groups is 1. The van der Waals surface area contributed by atoms with Crippen molar-refractivity contribution in [3.8, 4) is 0 Å². The van der Waals surface area contributed by atoms with E-state index in [1.807, 2.05) is 30.0 Å². The van der Waals surface area contributed by atoms with Crippen LogP contribution < -0.4 is 11.1 Å². The molecule has 1 amide bonds. The number of H-pyrrole nitrogens is 1. The number of piperidine rings is 1. The average Bonchev–Trinajstić information content (AvgIpc) is 3.27. The fourth-order valence-corrected chi connectivity index (χ4v) is 4.92. The smallest absolute Gasteiger partial charge is 0.255 e. The molecule has 1 fully saturated rings. The second kappa shape index (κ2) is 9.37. The Bertz CT molecular complexity index is 1370. The van der Waals surface area contributed by atoms with Gasteiger partial charge in [0, 0.05) is 29.5 Å². The number of imidazole rings is 1. The van der Waals surface area contributed by atoms with Crippen molar-refractivity contribution in [2.75, 3.05) is 18.4 Å². The summed E-state index contributed by atoms with van der Waals surface area (Å²) in [5.41, 5.74) is 8.68. The Morgan fingerprint density at radius 2 is 2.09 bits per heavy atom. The molecule has 2 aromatic heterocycles. The summed E-state index contributed by atoms with van der Waals surface area (Å²) in [5.74, 6) is 1.25. The van der Waals surface area contributed by atoms with Gasteiger partial charge in [0.25, 0.3) is 5.91 Å². The fourth-order valence-electron chi connectivity index (χ4n) is 4.50. The number of amides is 1. The van der Waals surface area contributed by atoms with Crippen molar-refractivity contribution in [2.45, 2.75) is 38.3 Å². The molecular weight excluding hydrogens is 473 g/mol. The monoisotopic (exact) mass is 497 g/mol.